The first-order valence-electron chi connectivity index (χ1n) is 5.25. The minimum atomic E-state index is -3.59. The van der Waals surface area contributed by atoms with Crippen molar-refractivity contribution >= 4 is 10.0 Å². The molecule has 1 unspecified atom stereocenters. The van der Waals surface area contributed by atoms with E-state index in [0.717, 1.165) is 0 Å². The number of nitrogens with one attached hydrogen (secondary N) is 2. The van der Waals surface area contributed by atoms with Crippen LogP contribution in [0.2, 0.25) is 0 Å². The maximum absolute atomic E-state index is 11.8. The Bertz CT molecular complexity index is 441. The van der Waals surface area contributed by atoms with Crippen LogP contribution in [-0.4, -0.2) is 35.2 Å². The summed E-state index contributed by atoms with van der Waals surface area (Å²) in [6.07, 6.45) is -0.184. The highest BCUT2D eigenvalue weighted by Crippen LogP contribution is 2.13. The van der Waals surface area contributed by atoms with Crippen molar-refractivity contribution in [1.82, 2.24) is 10.0 Å². The quantitative estimate of drug-likeness (QED) is 0.739. The third-order valence-corrected chi connectivity index (χ3v) is 3.51. The molecule has 0 saturated carbocycles. The van der Waals surface area contributed by atoms with Gasteiger partial charge in [-0.2, -0.15) is 0 Å². The molecule has 17 heavy (non-hydrogen) atoms. The molecule has 0 fully saturated rings. The molecule has 7 heteroatoms. The summed E-state index contributed by atoms with van der Waals surface area (Å²) in [7, 11) is -0.304. The number of ether oxygens (including phenoxy) is 1. The smallest absolute Gasteiger partial charge is 0.274 e. The predicted molar refractivity (Wildman–Crippen MR) is 63.1 cm³/mol. The van der Waals surface area contributed by atoms with Crippen LogP contribution >= 0.6 is 0 Å². The van der Waals surface area contributed by atoms with Gasteiger partial charge in [-0.25, -0.2) is 13.1 Å². The van der Waals surface area contributed by atoms with Crippen LogP contribution in [0.4, 0.5) is 0 Å². The van der Waals surface area contributed by atoms with Gasteiger partial charge in [0.25, 0.3) is 10.0 Å². The topological polar surface area (TPSA) is 80.6 Å². The average molecular weight is 262 g/mol. The number of hydrogen-bond donors (Lipinski definition) is 2. The van der Waals surface area contributed by atoms with Gasteiger partial charge in [0, 0.05) is 13.7 Å². The summed E-state index contributed by atoms with van der Waals surface area (Å²) in [5, 5.41) is 2.80. The first kappa shape index (κ1) is 14.2. The van der Waals surface area contributed by atoms with E-state index >= 15 is 0 Å². The molecule has 1 aromatic rings. The standard InChI is InChI=1S/C10H18N2O4S/c1-8(15-3)6-12-17(13,14)10-5-4-9(16-10)7-11-2/h4-5,8,11-12H,6-7H2,1-3H3. The van der Waals surface area contributed by atoms with Crippen molar-refractivity contribution in [2.24, 2.45) is 0 Å². The minimum absolute atomic E-state index is 0.0777. The molecular weight excluding hydrogens is 244 g/mol. The Morgan fingerprint density at radius 2 is 2.18 bits per heavy atom. The number of sulfonamides is 1. The molecule has 0 aliphatic carbocycles. The molecule has 0 radical (unpaired) electrons. The number of furan rings is 1. The molecule has 1 heterocycles. The number of hydrogen-bond acceptors (Lipinski definition) is 5. The Labute approximate surface area is 101 Å². The van der Waals surface area contributed by atoms with Gasteiger partial charge >= 0.3 is 0 Å². The summed E-state index contributed by atoms with van der Waals surface area (Å²) in [5.41, 5.74) is 0. The van der Waals surface area contributed by atoms with Crippen molar-refractivity contribution in [3.05, 3.63) is 17.9 Å². The summed E-state index contributed by atoms with van der Waals surface area (Å²) in [6.45, 7) is 2.47. The van der Waals surface area contributed by atoms with Gasteiger partial charge in [0.2, 0.25) is 5.09 Å². The second-order valence-corrected chi connectivity index (χ2v) is 5.35. The highest BCUT2D eigenvalue weighted by Gasteiger charge is 2.19. The lowest BCUT2D eigenvalue weighted by molar-refractivity contribution is 0.122. The van der Waals surface area contributed by atoms with Crippen molar-refractivity contribution < 1.29 is 17.6 Å². The maximum Gasteiger partial charge on any atom is 0.274 e. The number of rotatable bonds is 7. The van der Waals surface area contributed by atoms with Crippen LogP contribution in [0.1, 0.15) is 12.7 Å². The highest BCUT2D eigenvalue weighted by atomic mass is 32.2. The van der Waals surface area contributed by atoms with Crippen LogP contribution in [-0.2, 0) is 21.3 Å². The molecule has 0 amide bonds. The van der Waals surface area contributed by atoms with Crippen LogP contribution in [0.25, 0.3) is 0 Å². The fourth-order valence-electron chi connectivity index (χ4n) is 1.15. The lowest BCUT2D eigenvalue weighted by Gasteiger charge is -2.09. The predicted octanol–water partition coefficient (Wildman–Crippen LogP) is 0.312. The molecule has 0 aromatic carbocycles. The third-order valence-electron chi connectivity index (χ3n) is 2.22. The van der Waals surface area contributed by atoms with E-state index in [1.165, 1.54) is 13.2 Å². The normalized spacial score (nSPS) is 13.8. The number of methoxy groups -OCH3 is 1. The van der Waals surface area contributed by atoms with Gasteiger partial charge in [0.05, 0.1) is 12.6 Å². The Hall–Kier alpha value is -0.890. The van der Waals surface area contributed by atoms with Crippen LogP contribution in [0.5, 0.6) is 0 Å². The zero-order valence-corrected chi connectivity index (χ0v) is 11.0. The molecule has 98 valence electrons. The second-order valence-electron chi connectivity index (χ2n) is 3.65. The Morgan fingerprint density at radius 3 is 2.76 bits per heavy atom. The lowest BCUT2D eigenvalue weighted by Crippen LogP contribution is -2.31. The highest BCUT2D eigenvalue weighted by molar-refractivity contribution is 7.89. The van der Waals surface area contributed by atoms with Gasteiger partial charge in [-0.1, -0.05) is 0 Å². The Kier molecular flexibility index (Phi) is 5.13. The van der Waals surface area contributed by atoms with E-state index in [0.29, 0.717) is 12.3 Å². The molecule has 2 N–H and O–H groups in total. The summed E-state index contributed by atoms with van der Waals surface area (Å²) in [4.78, 5) is 0. The van der Waals surface area contributed by atoms with Gasteiger partial charge in [-0.15, -0.1) is 0 Å². The van der Waals surface area contributed by atoms with Crippen molar-refractivity contribution in [3.8, 4) is 0 Å². The Morgan fingerprint density at radius 1 is 1.47 bits per heavy atom. The SMILES string of the molecule is CNCc1ccc(S(=O)(=O)NCC(C)OC)o1. The Balaban J connectivity index is 2.68. The zero-order valence-electron chi connectivity index (χ0n) is 10.2. The van der Waals surface area contributed by atoms with Gasteiger partial charge < -0.3 is 14.5 Å². The summed E-state index contributed by atoms with van der Waals surface area (Å²) in [6, 6.07) is 3.07. The summed E-state index contributed by atoms with van der Waals surface area (Å²) < 4.78 is 36.2. The maximum atomic E-state index is 11.8. The van der Waals surface area contributed by atoms with Crippen LogP contribution < -0.4 is 10.0 Å². The van der Waals surface area contributed by atoms with Crippen molar-refractivity contribution in [1.29, 1.82) is 0 Å². The molecule has 0 bridgehead atoms. The molecular formula is C10H18N2O4S. The molecule has 1 aromatic heterocycles. The molecule has 0 aliphatic rings. The minimum Gasteiger partial charge on any atom is -0.447 e. The van der Waals surface area contributed by atoms with Crippen molar-refractivity contribution in [2.45, 2.75) is 24.7 Å². The van der Waals surface area contributed by atoms with E-state index in [1.54, 1.807) is 20.0 Å². The monoisotopic (exact) mass is 262 g/mol. The van der Waals surface area contributed by atoms with Crippen molar-refractivity contribution in [2.75, 3.05) is 20.7 Å². The van der Waals surface area contributed by atoms with Gasteiger partial charge in [0.1, 0.15) is 5.76 Å². The van der Waals surface area contributed by atoms with E-state index in [1.807, 2.05) is 0 Å². The molecule has 0 saturated heterocycles. The van der Waals surface area contributed by atoms with Crippen LogP contribution in [0.3, 0.4) is 0 Å². The van der Waals surface area contributed by atoms with E-state index in [2.05, 4.69) is 10.0 Å². The molecule has 1 atom stereocenters. The van der Waals surface area contributed by atoms with E-state index in [4.69, 9.17) is 9.15 Å². The fourth-order valence-corrected chi connectivity index (χ4v) is 2.21. The largest absolute Gasteiger partial charge is 0.447 e. The lowest BCUT2D eigenvalue weighted by atomic mass is 10.4. The van der Waals surface area contributed by atoms with E-state index in [9.17, 15) is 8.42 Å². The fraction of sp³-hybridized carbons (Fsp3) is 0.600. The van der Waals surface area contributed by atoms with Crippen LogP contribution in [0.15, 0.2) is 21.6 Å². The first-order chi connectivity index (χ1) is 7.99. The van der Waals surface area contributed by atoms with Crippen LogP contribution in [0, 0.1) is 0 Å². The first-order valence-corrected chi connectivity index (χ1v) is 6.73. The third kappa shape index (κ3) is 4.12. The summed E-state index contributed by atoms with van der Waals surface area (Å²) >= 11 is 0. The van der Waals surface area contributed by atoms with E-state index in [-0.39, 0.29) is 17.7 Å². The molecule has 0 aliphatic heterocycles. The van der Waals surface area contributed by atoms with Gasteiger partial charge in [-0.3, -0.25) is 0 Å². The zero-order chi connectivity index (χ0) is 12.9. The average Bonchev–Trinajstić information content (AvgIpc) is 2.76. The molecule has 1 rings (SSSR count). The van der Waals surface area contributed by atoms with Crippen molar-refractivity contribution in [3.63, 3.8) is 0 Å². The van der Waals surface area contributed by atoms with Gasteiger partial charge in [0.15, 0.2) is 0 Å². The molecule has 0 spiro atoms. The second kappa shape index (κ2) is 6.15. The summed E-state index contributed by atoms with van der Waals surface area (Å²) in [5.74, 6) is 0.577. The van der Waals surface area contributed by atoms with E-state index < -0.39 is 10.0 Å². The molecule has 6 nitrogen and oxygen atoms in total. The van der Waals surface area contributed by atoms with Gasteiger partial charge in [-0.05, 0) is 26.1 Å².